The lowest BCUT2D eigenvalue weighted by atomic mass is 10.1. The van der Waals surface area contributed by atoms with E-state index in [1.165, 1.54) is 18.2 Å². The molecule has 0 saturated carbocycles. The molecule has 1 aliphatic heterocycles. The highest BCUT2D eigenvalue weighted by Crippen LogP contribution is 2.33. The standard InChI is InChI=1S/C33H26ClN3O6/c1-2-19-42-33(41)26-13-6-7-14-27(26)37-31(39)28(34)29(32(37)40)35-23-10-8-9-21(20-23)30(38)36-22-15-17-25(18-16-22)43-24-11-4-3-5-12-24/h3-18,20,35H,2,19H2,1H3,(H,36,38). The molecule has 0 radical (unpaired) electrons. The summed E-state index contributed by atoms with van der Waals surface area (Å²) < 4.78 is 11.0. The first-order valence-electron chi connectivity index (χ1n) is 13.4. The fourth-order valence-corrected chi connectivity index (χ4v) is 4.47. The molecule has 0 atom stereocenters. The third-order valence-corrected chi connectivity index (χ3v) is 6.67. The van der Waals surface area contributed by atoms with Crippen LogP contribution >= 0.6 is 11.6 Å². The molecule has 10 heteroatoms. The van der Waals surface area contributed by atoms with Crippen LogP contribution < -0.4 is 20.3 Å². The maximum Gasteiger partial charge on any atom is 0.340 e. The van der Waals surface area contributed by atoms with Crippen molar-refractivity contribution in [2.75, 3.05) is 22.1 Å². The normalized spacial score (nSPS) is 12.7. The van der Waals surface area contributed by atoms with Gasteiger partial charge in [-0.2, -0.15) is 0 Å². The number of imide groups is 1. The molecule has 9 nitrogen and oxygen atoms in total. The lowest BCUT2D eigenvalue weighted by Crippen LogP contribution is -2.33. The lowest BCUT2D eigenvalue weighted by Gasteiger charge is -2.18. The molecule has 2 N–H and O–H groups in total. The summed E-state index contributed by atoms with van der Waals surface area (Å²) in [6, 6.07) is 28.8. The number of carbonyl (C=O) groups is 4. The summed E-state index contributed by atoms with van der Waals surface area (Å²) in [6.45, 7) is 2.05. The molecule has 3 amide bonds. The number of nitrogens with zero attached hydrogens (tertiary/aromatic N) is 1. The van der Waals surface area contributed by atoms with Crippen molar-refractivity contribution in [1.29, 1.82) is 0 Å². The van der Waals surface area contributed by atoms with Gasteiger partial charge in [-0.25, -0.2) is 9.69 Å². The zero-order chi connectivity index (χ0) is 30.3. The molecule has 0 aliphatic carbocycles. The Balaban J connectivity index is 1.28. The average Bonchev–Trinajstić information content (AvgIpc) is 3.24. The van der Waals surface area contributed by atoms with Gasteiger partial charge in [-0.3, -0.25) is 14.4 Å². The summed E-state index contributed by atoms with van der Waals surface area (Å²) >= 11 is 6.31. The number of esters is 1. The van der Waals surface area contributed by atoms with Crippen molar-refractivity contribution in [2.24, 2.45) is 0 Å². The number of para-hydroxylation sites is 2. The van der Waals surface area contributed by atoms with Crippen LogP contribution in [-0.2, 0) is 14.3 Å². The Morgan fingerprint density at radius 3 is 2.23 bits per heavy atom. The number of benzene rings is 4. The summed E-state index contributed by atoms with van der Waals surface area (Å²) in [5, 5.41) is 5.34. The number of halogens is 1. The van der Waals surface area contributed by atoms with E-state index >= 15 is 0 Å². The highest BCUT2D eigenvalue weighted by Gasteiger charge is 2.40. The Hall–Kier alpha value is -5.41. The largest absolute Gasteiger partial charge is 0.462 e. The van der Waals surface area contributed by atoms with Gasteiger partial charge >= 0.3 is 5.97 Å². The van der Waals surface area contributed by atoms with Gasteiger partial charge in [-0.1, -0.05) is 54.9 Å². The second kappa shape index (κ2) is 13.1. The van der Waals surface area contributed by atoms with E-state index in [0.717, 1.165) is 4.90 Å². The van der Waals surface area contributed by atoms with E-state index in [9.17, 15) is 19.2 Å². The van der Waals surface area contributed by atoms with Crippen LogP contribution in [0.1, 0.15) is 34.1 Å². The van der Waals surface area contributed by atoms with Gasteiger partial charge in [0.25, 0.3) is 17.7 Å². The summed E-state index contributed by atoms with van der Waals surface area (Å²) in [6.07, 6.45) is 0.615. The Kier molecular flexibility index (Phi) is 8.83. The molecule has 4 aromatic carbocycles. The van der Waals surface area contributed by atoms with E-state index in [1.807, 2.05) is 37.3 Å². The second-order valence-corrected chi connectivity index (χ2v) is 9.77. The second-order valence-electron chi connectivity index (χ2n) is 9.39. The van der Waals surface area contributed by atoms with Crippen molar-refractivity contribution in [3.8, 4) is 11.5 Å². The maximum atomic E-state index is 13.4. The molecule has 0 aromatic heterocycles. The number of nitrogens with one attached hydrogen (secondary N) is 2. The van der Waals surface area contributed by atoms with Gasteiger partial charge in [0, 0.05) is 16.9 Å². The third-order valence-electron chi connectivity index (χ3n) is 6.31. The number of hydrogen-bond donors (Lipinski definition) is 2. The predicted molar refractivity (Wildman–Crippen MR) is 163 cm³/mol. The molecule has 0 fully saturated rings. The van der Waals surface area contributed by atoms with E-state index in [2.05, 4.69) is 10.6 Å². The van der Waals surface area contributed by atoms with Crippen LogP contribution in [0.15, 0.2) is 114 Å². The van der Waals surface area contributed by atoms with Crippen LogP contribution in [0, 0.1) is 0 Å². The molecule has 0 bridgehead atoms. The van der Waals surface area contributed by atoms with Gasteiger partial charge in [0.1, 0.15) is 22.2 Å². The Bertz CT molecular complexity index is 1720. The molecule has 0 unspecified atom stereocenters. The number of carbonyl (C=O) groups excluding carboxylic acids is 4. The van der Waals surface area contributed by atoms with E-state index in [0.29, 0.717) is 34.9 Å². The highest BCUT2D eigenvalue weighted by molar-refractivity contribution is 6.53. The molecule has 4 aromatic rings. The molecule has 0 spiro atoms. The van der Waals surface area contributed by atoms with Gasteiger partial charge in [-0.15, -0.1) is 0 Å². The van der Waals surface area contributed by atoms with Crippen molar-refractivity contribution in [3.05, 3.63) is 125 Å². The van der Waals surface area contributed by atoms with Crippen molar-refractivity contribution in [3.63, 3.8) is 0 Å². The molecule has 0 saturated heterocycles. The predicted octanol–water partition coefficient (Wildman–Crippen LogP) is 6.73. The van der Waals surface area contributed by atoms with Crippen LogP contribution in [0.4, 0.5) is 17.1 Å². The molecule has 1 heterocycles. The van der Waals surface area contributed by atoms with Crippen LogP contribution in [0.5, 0.6) is 11.5 Å². The van der Waals surface area contributed by atoms with Crippen molar-refractivity contribution in [1.82, 2.24) is 0 Å². The van der Waals surface area contributed by atoms with Crippen LogP contribution in [-0.4, -0.2) is 30.3 Å². The molecule has 1 aliphatic rings. The number of amides is 3. The minimum Gasteiger partial charge on any atom is -0.462 e. The first-order chi connectivity index (χ1) is 20.9. The monoisotopic (exact) mass is 595 g/mol. The number of anilines is 3. The fourth-order valence-electron chi connectivity index (χ4n) is 4.26. The zero-order valence-electron chi connectivity index (χ0n) is 23.0. The van der Waals surface area contributed by atoms with E-state index < -0.39 is 23.7 Å². The van der Waals surface area contributed by atoms with Crippen molar-refractivity contribution >= 4 is 52.4 Å². The van der Waals surface area contributed by atoms with Gasteiger partial charge < -0.3 is 20.1 Å². The van der Waals surface area contributed by atoms with Gasteiger partial charge in [0.15, 0.2) is 0 Å². The molecular weight excluding hydrogens is 570 g/mol. The van der Waals surface area contributed by atoms with Crippen LogP contribution in [0.2, 0.25) is 0 Å². The van der Waals surface area contributed by atoms with Crippen LogP contribution in [0.25, 0.3) is 0 Å². The summed E-state index contributed by atoms with van der Waals surface area (Å²) in [7, 11) is 0. The summed E-state index contributed by atoms with van der Waals surface area (Å²) in [5.41, 5.74) is 1.13. The number of hydrogen-bond acceptors (Lipinski definition) is 7. The van der Waals surface area contributed by atoms with E-state index in [4.69, 9.17) is 21.1 Å². The Labute approximate surface area is 252 Å². The van der Waals surface area contributed by atoms with Gasteiger partial charge in [-0.05, 0) is 73.2 Å². The topological polar surface area (TPSA) is 114 Å². The van der Waals surface area contributed by atoms with Gasteiger partial charge in [0.05, 0.1) is 17.9 Å². The first-order valence-corrected chi connectivity index (χ1v) is 13.8. The lowest BCUT2D eigenvalue weighted by molar-refractivity contribution is -0.120. The van der Waals surface area contributed by atoms with Crippen LogP contribution in [0.3, 0.4) is 0 Å². The van der Waals surface area contributed by atoms with Crippen molar-refractivity contribution < 1.29 is 28.7 Å². The van der Waals surface area contributed by atoms with Crippen molar-refractivity contribution in [2.45, 2.75) is 13.3 Å². The molecule has 216 valence electrons. The van der Waals surface area contributed by atoms with E-state index in [-0.39, 0.29) is 28.6 Å². The summed E-state index contributed by atoms with van der Waals surface area (Å²) in [5.74, 6) is -1.28. The third kappa shape index (κ3) is 6.58. The fraction of sp³-hybridized carbons (Fsp3) is 0.0909. The Morgan fingerprint density at radius 1 is 0.791 bits per heavy atom. The summed E-state index contributed by atoms with van der Waals surface area (Å²) in [4.78, 5) is 52.9. The number of ether oxygens (including phenoxy) is 2. The SMILES string of the molecule is CCCOC(=O)c1ccccc1N1C(=O)C(Cl)=C(Nc2cccc(C(=O)Nc3ccc(Oc4ccccc4)cc3)c2)C1=O. The molecule has 43 heavy (non-hydrogen) atoms. The van der Waals surface area contributed by atoms with E-state index in [1.54, 1.807) is 54.6 Å². The van der Waals surface area contributed by atoms with Gasteiger partial charge in [0.2, 0.25) is 0 Å². The molecular formula is C33H26ClN3O6. The zero-order valence-corrected chi connectivity index (χ0v) is 23.8. The molecule has 5 rings (SSSR count). The average molecular weight is 596 g/mol. The minimum atomic E-state index is -0.793. The maximum absolute atomic E-state index is 13.4. The first kappa shape index (κ1) is 29.1. The quantitative estimate of drug-likeness (QED) is 0.154. The Morgan fingerprint density at radius 2 is 1.49 bits per heavy atom. The number of rotatable bonds is 10. The minimum absolute atomic E-state index is 0.0571. The smallest absolute Gasteiger partial charge is 0.340 e. The highest BCUT2D eigenvalue weighted by atomic mass is 35.5.